The molecule has 2 atom stereocenters. The fourth-order valence-corrected chi connectivity index (χ4v) is 4.90. The van der Waals surface area contributed by atoms with Crippen LogP contribution in [0, 0.1) is 13.8 Å². The summed E-state index contributed by atoms with van der Waals surface area (Å²) in [5.41, 5.74) is 13.6. The number of esters is 2. The van der Waals surface area contributed by atoms with Crippen molar-refractivity contribution in [1.82, 2.24) is 9.13 Å². The number of carbonyl (C=O) groups is 2. The minimum Gasteiger partial charge on any atom is -0.439 e. The second-order valence-electron chi connectivity index (χ2n) is 9.95. The van der Waals surface area contributed by atoms with Gasteiger partial charge in [-0.2, -0.15) is 0 Å². The van der Waals surface area contributed by atoms with Gasteiger partial charge in [-0.05, 0) is 76.2 Å². The Morgan fingerprint density at radius 1 is 0.763 bits per heavy atom. The molecule has 0 aliphatic rings. The van der Waals surface area contributed by atoms with Crippen molar-refractivity contribution in [2.75, 3.05) is 0 Å². The standard InChI is InChI=1S/C28H30Cl2N4O4/c1-17-11-19-13-21(29)5-7-23(19)33(17)15-27(3,31)37-25(35)9-10-26(36)38-28(4,32)16-34-18(2)12-20-14-22(30)6-8-24(20)34/h5-14H,15-16,31-32H2,1-4H3/b10-9+/t27-,28-/m0/s1. The molecule has 10 heteroatoms. The maximum absolute atomic E-state index is 12.5. The first-order chi connectivity index (χ1) is 17.7. The zero-order valence-electron chi connectivity index (χ0n) is 21.6. The number of benzene rings is 2. The molecule has 0 bridgehead atoms. The average molecular weight is 557 g/mol. The molecule has 2 aromatic carbocycles. The van der Waals surface area contributed by atoms with Crippen LogP contribution in [0.5, 0.6) is 0 Å². The monoisotopic (exact) mass is 556 g/mol. The van der Waals surface area contributed by atoms with E-state index in [1.165, 1.54) is 0 Å². The summed E-state index contributed by atoms with van der Waals surface area (Å²) in [7, 11) is 0. The third-order valence-electron chi connectivity index (χ3n) is 6.11. The molecule has 4 rings (SSSR count). The van der Waals surface area contributed by atoms with Gasteiger partial charge in [0.2, 0.25) is 0 Å². The molecule has 0 saturated heterocycles. The van der Waals surface area contributed by atoms with Crippen LogP contribution in [0.25, 0.3) is 21.8 Å². The van der Waals surface area contributed by atoms with Gasteiger partial charge in [-0.25, -0.2) is 9.59 Å². The molecular weight excluding hydrogens is 527 g/mol. The highest BCUT2D eigenvalue weighted by atomic mass is 35.5. The topological polar surface area (TPSA) is 114 Å². The van der Waals surface area contributed by atoms with Crippen molar-refractivity contribution in [3.8, 4) is 0 Å². The molecule has 0 saturated carbocycles. The van der Waals surface area contributed by atoms with Crippen LogP contribution in [0.1, 0.15) is 25.2 Å². The molecule has 200 valence electrons. The lowest BCUT2D eigenvalue weighted by atomic mass is 10.2. The molecule has 0 spiro atoms. The molecule has 8 nitrogen and oxygen atoms in total. The molecule has 2 aromatic heterocycles. The molecular formula is C28H30Cl2N4O4. The van der Waals surface area contributed by atoms with Crippen molar-refractivity contribution < 1.29 is 19.1 Å². The predicted molar refractivity (Wildman–Crippen MR) is 150 cm³/mol. The molecule has 0 amide bonds. The maximum atomic E-state index is 12.5. The third-order valence-corrected chi connectivity index (χ3v) is 6.58. The summed E-state index contributed by atoms with van der Waals surface area (Å²) in [5, 5.41) is 3.17. The number of aromatic nitrogens is 2. The highest BCUT2D eigenvalue weighted by molar-refractivity contribution is 6.31. The Hall–Kier alpha value is -3.30. The van der Waals surface area contributed by atoms with E-state index >= 15 is 0 Å². The van der Waals surface area contributed by atoms with Crippen molar-refractivity contribution >= 4 is 56.9 Å². The Morgan fingerprint density at radius 2 is 1.13 bits per heavy atom. The molecule has 0 aliphatic heterocycles. The number of aryl methyl sites for hydroxylation is 2. The summed E-state index contributed by atoms with van der Waals surface area (Å²) in [5.74, 6) is -1.57. The smallest absolute Gasteiger partial charge is 0.332 e. The van der Waals surface area contributed by atoms with Crippen LogP contribution < -0.4 is 11.5 Å². The fraction of sp³-hybridized carbons (Fsp3) is 0.286. The first-order valence-electron chi connectivity index (χ1n) is 12.0. The van der Waals surface area contributed by atoms with E-state index in [1.807, 2.05) is 59.4 Å². The second kappa shape index (κ2) is 10.5. The number of hydrogen-bond donors (Lipinski definition) is 2. The normalized spacial score (nSPS) is 15.1. The van der Waals surface area contributed by atoms with Crippen molar-refractivity contribution in [2.45, 2.75) is 52.2 Å². The summed E-state index contributed by atoms with van der Waals surface area (Å²) < 4.78 is 14.7. The number of halogens is 2. The number of hydrogen-bond acceptors (Lipinski definition) is 6. The molecule has 38 heavy (non-hydrogen) atoms. The quantitative estimate of drug-likeness (QED) is 0.175. The van der Waals surface area contributed by atoms with Gasteiger partial charge in [0.15, 0.2) is 11.4 Å². The lowest BCUT2D eigenvalue weighted by Crippen LogP contribution is -2.45. The first-order valence-corrected chi connectivity index (χ1v) is 12.7. The van der Waals surface area contributed by atoms with Crippen LogP contribution in [0.15, 0.2) is 60.7 Å². The largest absolute Gasteiger partial charge is 0.439 e. The highest BCUT2D eigenvalue weighted by Crippen LogP contribution is 2.26. The SMILES string of the molecule is Cc1cc2cc(Cl)ccc2n1C[C@@](C)(N)OC(=O)/C=C/C(=O)O[C@](C)(N)Cn1c(C)cc2cc(Cl)ccc21. The Kier molecular flexibility index (Phi) is 7.63. The third kappa shape index (κ3) is 6.39. The van der Waals surface area contributed by atoms with Crippen LogP contribution in [0.3, 0.4) is 0 Å². The van der Waals surface area contributed by atoms with E-state index in [0.717, 1.165) is 45.3 Å². The summed E-state index contributed by atoms with van der Waals surface area (Å²) in [4.78, 5) is 24.9. The first kappa shape index (κ1) is 27.7. The van der Waals surface area contributed by atoms with Crippen LogP contribution in [-0.4, -0.2) is 32.5 Å². The van der Waals surface area contributed by atoms with E-state index in [2.05, 4.69) is 0 Å². The van der Waals surface area contributed by atoms with E-state index < -0.39 is 23.4 Å². The number of rotatable bonds is 8. The molecule has 0 aliphatic carbocycles. The van der Waals surface area contributed by atoms with Gasteiger partial charge in [0.1, 0.15) is 0 Å². The van der Waals surface area contributed by atoms with Crippen molar-refractivity contribution in [2.24, 2.45) is 11.5 Å². The van der Waals surface area contributed by atoms with Gasteiger partial charge in [-0.3, -0.25) is 11.5 Å². The molecule has 4 N–H and O–H groups in total. The average Bonchev–Trinajstić information content (AvgIpc) is 3.25. The van der Waals surface area contributed by atoms with Gasteiger partial charge in [-0.15, -0.1) is 0 Å². The molecule has 2 heterocycles. The Labute approximate surface area is 230 Å². The highest BCUT2D eigenvalue weighted by Gasteiger charge is 2.27. The van der Waals surface area contributed by atoms with Crippen LogP contribution in [-0.2, 0) is 32.2 Å². The minimum absolute atomic E-state index is 0.199. The zero-order chi connectivity index (χ0) is 27.8. The Balaban J connectivity index is 1.37. The summed E-state index contributed by atoms with van der Waals surface area (Å²) >= 11 is 12.2. The molecule has 0 fully saturated rings. The molecule has 4 aromatic rings. The van der Waals surface area contributed by atoms with Crippen LogP contribution >= 0.6 is 23.2 Å². The van der Waals surface area contributed by atoms with Gasteiger partial charge in [-0.1, -0.05) is 23.2 Å². The van der Waals surface area contributed by atoms with E-state index in [0.29, 0.717) is 10.0 Å². The van der Waals surface area contributed by atoms with Crippen molar-refractivity contribution in [3.63, 3.8) is 0 Å². The van der Waals surface area contributed by atoms with Crippen LogP contribution in [0.4, 0.5) is 0 Å². The predicted octanol–water partition coefficient (Wildman–Crippen LogP) is 5.21. The summed E-state index contributed by atoms with van der Waals surface area (Å²) in [6.45, 7) is 7.43. The maximum Gasteiger partial charge on any atom is 0.332 e. The molecule has 0 radical (unpaired) electrons. The van der Waals surface area contributed by atoms with Gasteiger partial charge >= 0.3 is 11.9 Å². The lowest BCUT2D eigenvalue weighted by molar-refractivity contribution is -0.155. The van der Waals surface area contributed by atoms with E-state index in [9.17, 15) is 9.59 Å². The van der Waals surface area contributed by atoms with E-state index in [4.69, 9.17) is 44.1 Å². The number of nitrogens with two attached hydrogens (primary N) is 2. The number of ether oxygens (including phenoxy) is 2. The number of carbonyl (C=O) groups excluding carboxylic acids is 2. The summed E-state index contributed by atoms with van der Waals surface area (Å²) in [6, 6.07) is 15.0. The Morgan fingerprint density at radius 3 is 1.50 bits per heavy atom. The molecule has 0 unspecified atom stereocenters. The Bertz CT molecular complexity index is 1450. The minimum atomic E-state index is -1.35. The van der Waals surface area contributed by atoms with Crippen LogP contribution in [0.2, 0.25) is 10.0 Å². The summed E-state index contributed by atoms with van der Waals surface area (Å²) in [6.07, 6.45) is 1.95. The lowest BCUT2D eigenvalue weighted by Gasteiger charge is -2.26. The number of fused-ring (bicyclic) bond motifs is 2. The van der Waals surface area contributed by atoms with Crippen molar-refractivity contribution in [3.05, 3.63) is 82.1 Å². The number of nitrogens with zero attached hydrogens (tertiary/aromatic N) is 2. The zero-order valence-corrected chi connectivity index (χ0v) is 23.1. The van der Waals surface area contributed by atoms with Gasteiger partial charge in [0.05, 0.1) is 13.1 Å². The van der Waals surface area contributed by atoms with E-state index in [-0.39, 0.29) is 13.1 Å². The van der Waals surface area contributed by atoms with Gasteiger partial charge in [0, 0.05) is 55.4 Å². The van der Waals surface area contributed by atoms with Crippen molar-refractivity contribution in [1.29, 1.82) is 0 Å². The van der Waals surface area contributed by atoms with Gasteiger partial charge < -0.3 is 18.6 Å². The van der Waals surface area contributed by atoms with Gasteiger partial charge in [0.25, 0.3) is 0 Å². The van der Waals surface area contributed by atoms with E-state index in [1.54, 1.807) is 26.0 Å². The fourth-order valence-electron chi connectivity index (χ4n) is 4.54. The second-order valence-corrected chi connectivity index (χ2v) is 10.8.